The summed E-state index contributed by atoms with van der Waals surface area (Å²) >= 11 is 0. The smallest absolute Gasteiger partial charge is 0.279 e. The first-order chi connectivity index (χ1) is 14.7. The van der Waals surface area contributed by atoms with Crippen LogP contribution in [0.3, 0.4) is 0 Å². The van der Waals surface area contributed by atoms with Crippen LogP contribution in [0, 0.1) is 5.92 Å². The van der Waals surface area contributed by atoms with Crippen molar-refractivity contribution in [2.45, 2.75) is 38.2 Å². The molecule has 2 heterocycles. The minimum absolute atomic E-state index is 0.141. The van der Waals surface area contributed by atoms with Crippen LogP contribution in [-0.2, 0) is 20.8 Å². The van der Waals surface area contributed by atoms with Crippen LogP contribution in [-0.4, -0.2) is 40.9 Å². The van der Waals surface area contributed by atoms with Crippen molar-refractivity contribution < 1.29 is 14.4 Å². The van der Waals surface area contributed by atoms with Crippen molar-refractivity contribution in [2.75, 3.05) is 18.5 Å². The fourth-order valence-corrected chi connectivity index (χ4v) is 3.24. The third-order valence-electron chi connectivity index (χ3n) is 5.28. The van der Waals surface area contributed by atoms with Crippen LogP contribution in [0.2, 0.25) is 0 Å². The quantitative estimate of drug-likeness (QED) is 0.508. The number of oxime groups is 1. The van der Waals surface area contributed by atoms with Crippen LogP contribution in [0.5, 0.6) is 0 Å². The predicted octanol–water partition coefficient (Wildman–Crippen LogP) is 3.61. The number of nitrogens with zero attached hydrogens (tertiary/aromatic N) is 3. The molecule has 1 atom stereocenters. The highest BCUT2D eigenvalue weighted by atomic mass is 16.7. The van der Waals surface area contributed by atoms with E-state index in [9.17, 15) is 4.79 Å². The van der Waals surface area contributed by atoms with Gasteiger partial charge in [-0.05, 0) is 30.4 Å². The highest BCUT2D eigenvalue weighted by molar-refractivity contribution is 6.48. The van der Waals surface area contributed by atoms with E-state index in [-0.39, 0.29) is 11.8 Å². The van der Waals surface area contributed by atoms with Gasteiger partial charge in [-0.15, -0.1) is 0 Å². The summed E-state index contributed by atoms with van der Waals surface area (Å²) in [5.74, 6) is 0.826. The molecule has 0 unspecified atom stereocenters. The molecule has 1 N–H and O–H groups in total. The van der Waals surface area contributed by atoms with Gasteiger partial charge in [-0.3, -0.25) is 9.78 Å². The number of hydrogen-bond acceptors (Lipinski definition) is 6. The van der Waals surface area contributed by atoms with Crippen molar-refractivity contribution in [3.63, 3.8) is 0 Å². The molecule has 0 bridgehead atoms. The van der Waals surface area contributed by atoms with Crippen LogP contribution in [0.15, 0.2) is 48.4 Å². The minimum Gasteiger partial charge on any atom is -0.389 e. The molecule has 2 fully saturated rings. The van der Waals surface area contributed by atoms with E-state index in [1.54, 1.807) is 12.3 Å². The lowest BCUT2D eigenvalue weighted by molar-refractivity contribution is -0.110. The SMILES string of the molecule is C=Cc1cnc(NC(=O)/C(=N/O[C@@H]2CCOC2)c2ccc(CCC3CC3)cc2)cn1. The highest BCUT2D eigenvalue weighted by Crippen LogP contribution is 2.33. The number of anilines is 1. The number of ether oxygens (including phenoxy) is 1. The molecular weight excluding hydrogens is 380 g/mol. The average molecular weight is 406 g/mol. The molecular formula is C23H26N4O3. The molecule has 0 spiro atoms. The number of carbonyl (C=O) groups is 1. The van der Waals surface area contributed by atoms with Gasteiger partial charge in [0.05, 0.1) is 31.3 Å². The third kappa shape index (κ3) is 5.51. The molecule has 1 aromatic carbocycles. The number of carbonyl (C=O) groups excluding carboxylic acids is 1. The van der Waals surface area contributed by atoms with E-state index in [0.29, 0.717) is 30.3 Å². The molecule has 1 amide bonds. The summed E-state index contributed by atoms with van der Waals surface area (Å²) in [5, 5.41) is 6.92. The Labute approximate surface area is 176 Å². The summed E-state index contributed by atoms with van der Waals surface area (Å²) in [7, 11) is 0. The maximum Gasteiger partial charge on any atom is 0.279 e. The van der Waals surface area contributed by atoms with Crippen molar-refractivity contribution in [3.05, 3.63) is 60.1 Å². The average Bonchev–Trinajstić information content (AvgIpc) is 3.47. The number of amides is 1. The Morgan fingerprint density at radius 1 is 1.23 bits per heavy atom. The van der Waals surface area contributed by atoms with Gasteiger partial charge in [-0.2, -0.15) is 0 Å². The maximum atomic E-state index is 12.9. The zero-order valence-corrected chi connectivity index (χ0v) is 16.9. The fourth-order valence-electron chi connectivity index (χ4n) is 3.24. The number of benzene rings is 1. The van der Waals surface area contributed by atoms with E-state index in [2.05, 4.69) is 39.2 Å². The molecule has 1 saturated heterocycles. The second-order valence-electron chi connectivity index (χ2n) is 7.69. The summed E-state index contributed by atoms with van der Waals surface area (Å²) in [6.45, 7) is 4.77. The molecule has 1 aromatic heterocycles. The zero-order chi connectivity index (χ0) is 20.8. The lowest BCUT2D eigenvalue weighted by atomic mass is 10.0. The highest BCUT2D eigenvalue weighted by Gasteiger charge is 2.22. The van der Waals surface area contributed by atoms with Gasteiger partial charge in [0.25, 0.3) is 5.91 Å². The molecule has 30 heavy (non-hydrogen) atoms. The van der Waals surface area contributed by atoms with Gasteiger partial charge in [0.2, 0.25) is 0 Å². The Kier molecular flexibility index (Phi) is 6.49. The first-order valence-corrected chi connectivity index (χ1v) is 10.4. The van der Waals surface area contributed by atoms with Gasteiger partial charge < -0.3 is 14.9 Å². The van der Waals surface area contributed by atoms with E-state index in [0.717, 1.165) is 18.8 Å². The van der Waals surface area contributed by atoms with Crippen molar-refractivity contribution in [1.29, 1.82) is 0 Å². The van der Waals surface area contributed by atoms with Gasteiger partial charge in [0, 0.05) is 12.0 Å². The lowest BCUT2D eigenvalue weighted by Crippen LogP contribution is -2.25. The van der Waals surface area contributed by atoms with Crippen molar-refractivity contribution >= 4 is 23.5 Å². The number of nitrogens with one attached hydrogen (secondary N) is 1. The van der Waals surface area contributed by atoms with Gasteiger partial charge in [-0.1, -0.05) is 48.8 Å². The maximum absolute atomic E-state index is 12.9. The van der Waals surface area contributed by atoms with Crippen LogP contribution in [0.25, 0.3) is 6.08 Å². The standard InChI is InChI=1S/C23H26N4O3/c1-2-19-13-25-21(14-24-19)26-23(28)22(27-30-20-11-12-29-15-20)18-9-7-17(8-10-18)6-5-16-3-4-16/h2,7-10,13-14,16,20H,1,3-6,11-12,15H2,(H,25,26,28)/b27-22+/t20-/m1/s1. The minimum atomic E-state index is -0.403. The molecule has 7 nitrogen and oxygen atoms in total. The Morgan fingerprint density at radius 2 is 2.07 bits per heavy atom. The molecule has 1 aliphatic carbocycles. The predicted molar refractivity (Wildman–Crippen MR) is 115 cm³/mol. The van der Waals surface area contributed by atoms with Gasteiger partial charge in [0.15, 0.2) is 17.6 Å². The number of aromatic nitrogens is 2. The van der Waals surface area contributed by atoms with Crippen LogP contribution >= 0.6 is 0 Å². The Balaban J connectivity index is 1.49. The second kappa shape index (κ2) is 9.63. The molecule has 156 valence electrons. The fraction of sp³-hybridized carbons (Fsp3) is 0.391. The van der Waals surface area contributed by atoms with Crippen LogP contribution < -0.4 is 5.32 Å². The number of hydrogen-bond donors (Lipinski definition) is 1. The molecule has 7 heteroatoms. The summed E-state index contributed by atoms with van der Waals surface area (Å²) in [6, 6.07) is 7.94. The van der Waals surface area contributed by atoms with E-state index >= 15 is 0 Å². The third-order valence-corrected chi connectivity index (χ3v) is 5.28. The molecule has 0 radical (unpaired) electrons. The first kappa shape index (κ1) is 20.2. The van der Waals surface area contributed by atoms with E-state index in [4.69, 9.17) is 9.57 Å². The summed E-state index contributed by atoms with van der Waals surface area (Å²) in [5.41, 5.74) is 2.79. The number of aryl methyl sites for hydroxylation is 1. The Morgan fingerprint density at radius 3 is 2.70 bits per heavy atom. The largest absolute Gasteiger partial charge is 0.389 e. The lowest BCUT2D eigenvalue weighted by Gasteiger charge is -2.11. The normalized spacial score (nSPS) is 18.8. The van der Waals surface area contributed by atoms with Gasteiger partial charge >= 0.3 is 0 Å². The van der Waals surface area contributed by atoms with Crippen LogP contribution in [0.1, 0.15) is 42.5 Å². The Hall–Kier alpha value is -3.06. The second-order valence-corrected chi connectivity index (χ2v) is 7.69. The van der Waals surface area contributed by atoms with Crippen molar-refractivity contribution in [1.82, 2.24) is 9.97 Å². The van der Waals surface area contributed by atoms with Crippen LogP contribution in [0.4, 0.5) is 5.82 Å². The summed E-state index contributed by atoms with van der Waals surface area (Å²) in [4.78, 5) is 26.9. The zero-order valence-electron chi connectivity index (χ0n) is 16.9. The summed E-state index contributed by atoms with van der Waals surface area (Å²) in [6.07, 6.45) is 10.2. The van der Waals surface area contributed by atoms with E-state index in [1.807, 2.05) is 12.1 Å². The Bertz CT molecular complexity index is 899. The number of rotatable bonds is 9. The van der Waals surface area contributed by atoms with Gasteiger partial charge in [0.1, 0.15) is 0 Å². The molecule has 2 aliphatic rings. The van der Waals surface area contributed by atoms with Crippen molar-refractivity contribution in [2.24, 2.45) is 11.1 Å². The summed E-state index contributed by atoms with van der Waals surface area (Å²) < 4.78 is 5.32. The monoisotopic (exact) mass is 406 g/mol. The van der Waals surface area contributed by atoms with E-state index < -0.39 is 5.91 Å². The molecule has 1 saturated carbocycles. The molecule has 2 aromatic rings. The molecule has 1 aliphatic heterocycles. The topological polar surface area (TPSA) is 85.7 Å². The first-order valence-electron chi connectivity index (χ1n) is 10.4. The van der Waals surface area contributed by atoms with Gasteiger partial charge in [-0.25, -0.2) is 4.98 Å². The molecule has 4 rings (SSSR count). The van der Waals surface area contributed by atoms with Crippen molar-refractivity contribution in [3.8, 4) is 0 Å². The van der Waals surface area contributed by atoms with E-state index in [1.165, 1.54) is 31.0 Å².